The Hall–Kier alpha value is -2.41. The molecule has 1 aromatic carbocycles. The standard InChI is InChI=1S/C17H23N5O2/c1-2-16-19-15(20-24-16)12-21-7-9-22(10-8-21)17(23)11-13-3-5-14(18)6-4-13/h3-6H,2,7-12,18H2,1H3. The summed E-state index contributed by atoms with van der Waals surface area (Å²) in [6, 6.07) is 7.47. The maximum Gasteiger partial charge on any atom is 0.227 e. The van der Waals surface area contributed by atoms with Crippen molar-refractivity contribution in [2.45, 2.75) is 26.3 Å². The second-order valence-corrected chi connectivity index (χ2v) is 6.03. The third-order valence-corrected chi connectivity index (χ3v) is 4.24. The average Bonchev–Trinajstić information content (AvgIpc) is 3.05. The van der Waals surface area contributed by atoms with Crippen LogP contribution in [0, 0.1) is 0 Å². The molecular weight excluding hydrogens is 306 g/mol. The van der Waals surface area contributed by atoms with Crippen LogP contribution >= 0.6 is 0 Å². The van der Waals surface area contributed by atoms with Crippen LogP contribution in [0.1, 0.15) is 24.2 Å². The fourth-order valence-corrected chi connectivity index (χ4v) is 2.78. The highest BCUT2D eigenvalue weighted by molar-refractivity contribution is 5.79. The van der Waals surface area contributed by atoms with Gasteiger partial charge in [-0.25, -0.2) is 0 Å². The first-order chi connectivity index (χ1) is 11.6. The number of aromatic nitrogens is 2. The fraction of sp³-hybridized carbons (Fsp3) is 0.471. The third kappa shape index (κ3) is 4.11. The van der Waals surface area contributed by atoms with E-state index >= 15 is 0 Å². The van der Waals surface area contributed by atoms with Crippen LogP contribution in [0.2, 0.25) is 0 Å². The van der Waals surface area contributed by atoms with Crippen LogP contribution in [0.4, 0.5) is 5.69 Å². The number of anilines is 1. The van der Waals surface area contributed by atoms with Crippen LogP contribution in [0.15, 0.2) is 28.8 Å². The zero-order valence-corrected chi connectivity index (χ0v) is 13.9. The molecule has 2 N–H and O–H groups in total. The molecule has 2 aromatic rings. The summed E-state index contributed by atoms with van der Waals surface area (Å²) in [6.07, 6.45) is 1.17. The molecule has 1 aliphatic rings. The van der Waals surface area contributed by atoms with Gasteiger partial charge in [0.15, 0.2) is 5.82 Å². The summed E-state index contributed by atoms with van der Waals surface area (Å²) < 4.78 is 5.13. The summed E-state index contributed by atoms with van der Waals surface area (Å²) >= 11 is 0. The van der Waals surface area contributed by atoms with Crippen molar-refractivity contribution in [3.63, 3.8) is 0 Å². The number of nitrogens with zero attached hydrogens (tertiary/aromatic N) is 4. The molecule has 0 aliphatic carbocycles. The Morgan fingerprint density at radius 3 is 2.54 bits per heavy atom. The first-order valence-electron chi connectivity index (χ1n) is 8.30. The van der Waals surface area contributed by atoms with E-state index in [1.54, 1.807) is 0 Å². The van der Waals surface area contributed by atoms with Crippen LogP contribution in [0.25, 0.3) is 0 Å². The number of carbonyl (C=O) groups is 1. The zero-order valence-electron chi connectivity index (χ0n) is 13.9. The Labute approximate surface area is 141 Å². The molecule has 24 heavy (non-hydrogen) atoms. The Balaban J connectivity index is 1.47. The molecule has 0 atom stereocenters. The predicted molar refractivity (Wildman–Crippen MR) is 90.1 cm³/mol. The zero-order chi connectivity index (χ0) is 16.9. The predicted octanol–water partition coefficient (Wildman–Crippen LogP) is 1.10. The molecule has 0 bridgehead atoms. The number of hydrogen-bond acceptors (Lipinski definition) is 6. The molecular formula is C17H23N5O2. The summed E-state index contributed by atoms with van der Waals surface area (Å²) in [5.74, 6) is 1.54. The number of nitrogen functional groups attached to an aromatic ring is 1. The molecule has 0 unspecified atom stereocenters. The van der Waals surface area contributed by atoms with E-state index < -0.39 is 0 Å². The minimum atomic E-state index is 0.159. The van der Waals surface area contributed by atoms with Gasteiger partial charge in [-0.1, -0.05) is 24.2 Å². The summed E-state index contributed by atoms with van der Waals surface area (Å²) in [5.41, 5.74) is 7.38. The minimum Gasteiger partial charge on any atom is -0.399 e. The van der Waals surface area contributed by atoms with E-state index in [-0.39, 0.29) is 5.91 Å². The summed E-state index contributed by atoms with van der Waals surface area (Å²) in [5, 5.41) is 3.98. The lowest BCUT2D eigenvalue weighted by molar-refractivity contribution is -0.132. The molecule has 2 heterocycles. The highest BCUT2D eigenvalue weighted by Gasteiger charge is 2.22. The molecule has 1 aromatic heterocycles. The second kappa shape index (κ2) is 7.44. The van der Waals surface area contributed by atoms with Gasteiger partial charge in [0.2, 0.25) is 11.8 Å². The lowest BCUT2D eigenvalue weighted by Crippen LogP contribution is -2.48. The van der Waals surface area contributed by atoms with Crippen molar-refractivity contribution in [2.75, 3.05) is 31.9 Å². The van der Waals surface area contributed by atoms with Crippen LogP contribution < -0.4 is 5.73 Å². The van der Waals surface area contributed by atoms with Gasteiger partial charge < -0.3 is 15.2 Å². The lowest BCUT2D eigenvalue weighted by Gasteiger charge is -2.34. The Morgan fingerprint density at radius 2 is 1.92 bits per heavy atom. The lowest BCUT2D eigenvalue weighted by atomic mass is 10.1. The van der Waals surface area contributed by atoms with Crippen LogP contribution in [-0.2, 0) is 24.2 Å². The van der Waals surface area contributed by atoms with Crippen LogP contribution in [0.5, 0.6) is 0 Å². The molecule has 1 saturated heterocycles. The normalized spacial score (nSPS) is 15.6. The monoisotopic (exact) mass is 329 g/mol. The van der Waals surface area contributed by atoms with Crippen molar-refractivity contribution in [2.24, 2.45) is 0 Å². The highest BCUT2D eigenvalue weighted by atomic mass is 16.5. The maximum absolute atomic E-state index is 12.4. The largest absolute Gasteiger partial charge is 0.399 e. The average molecular weight is 329 g/mol. The van der Waals surface area contributed by atoms with E-state index in [4.69, 9.17) is 10.3 Å². The topological polar surface area (TPSA) is 88.5 Å². The molecule has 3 rings (SSSR count). The van der Waals surface area contributed by atoms with Crippen molar-refractivity contribution in [3.05, 3.63) is 41.5 Å². The molecule has 7 nitrogen and oxygen atoms in total. The molecule has 0 saturated carbocycles. The van der Waals surface area contributed by atoms with Crippen LogP contribution in [0.3, 0.4) is 0 Å². The van der Waals surface area contributed by atoms with Gasteiger partial charge in [0.05, 0.1) is 13.0 Å². The van der Waals surface area contributed by atoms with Gasteiger partial charge in [-0.05, 0) is 17.7 Å². The number of piperazine rings is 1. The molecule has 1 fully saturated rings. The number of amides is 1. The van der Waals surface area contributed by atoms with E-state index in [2.05, 4.69) is 15.0 Å². The highest BCUT2D eigenvalue weighted by Crippen LogP contribution is 2.11. The number of aryl methyl sites for hydroxylation is 1. The van der Waals surface area contributed by atoms with Gasteiger partial charge >= 0.3 is 0 Å². The second-order valence-electron chi connectivity index (χ2n) is 6.03. The summed E-state index contributed by atoms with van der Waals surface area (Å²) in [6.45, 7) is 5.76. The van der Waals surface area contributed by atoms with Crippen molar-refractivity contribution in [1.29, 1.82) is 0 Å². The molecule has 0 radical (unpaired) electrons. The van der Waals surface area contributed by atoms with E-state index in [1.807, 2.05) is 36.1 Å². The third-order valence-electron chi connectivity index (χ3n) is 4.24. The first-order valence-corrected chi connectivity index (χ1v) is 8.30. The van der Waals surface area contributed by atoms with E-state index in [9.17, 15) is 4.79 Å². The van der Waals surface area contributed by atoms with Gasteiger partial charge in [-0.3, -0.25) is 9.69 Å². The number of carbonyl (C=O) groups excluding carboxylic acids is 1. The minimum absolute atomic E-state index is 0.159. The summed E-state index contributed by atoms with van der Waals surface area (Å²) in [7, 11) is 0. The smallest absolute Gasteiger partial charge is 0.227 e. The maximum atomic E-state index is 12.4. The molecule has 128 valence electrons. The molecule has 1 amide bonds. The quantitative estimate of drug-likeness (QED) is 0.827. The molecule has 7 heteroatoms. The first kappa shape index (κ1) is 16.4. The number of nitrogens with two attached hydrogens (primary N) is 1. The van der Waals surface area contributed by atoms with E-state index in [0.29, 0.717) is 30.4 Å². The van der Waals surface area contributed by atoms with Crippen molar-refractivity contribution in [3.8, 4) is 0 Å². The van der Waals surface area contributed by atoms with Crippen molar-refractivity contribution < 1.29 is 9.32 Å². The van der Waals surface area contributed by atoms with Crippen molar-refractivity contribution >= 4 is 11.6 Å². The van der Waals surface area contributed by atoms with E-state index in [0.717, 1.165) is 38.2 Å². The Bertz CT molecular complexity index is 675. The van der Waals surface area contributed by atoms with Gasteiger partial charge in [-0.15, -0.1) is 0 Å². The Morgan fingerprint density at radius 1 is 1.21 bits per heavy atom. The number of benzene rings is 1. The molecule has 0 spiro atoms. The number of rotatable bonds is 5. The molecule has 1 aliphatic heterocycles. The van der Waals surface area contributed by atoms with E-state index in [1.165, 1.54) is 0 Å². The van der Waals surface area contributed by atoms with Gasteiger partial charge in [-0.2, -0.15) is 4.98 Å². The Kier molecular flexibility index (Phi) is 5.10. The van der Waals surface area contributed by atoms with Crippen LogP contribution in [-0.4, -0.2) is 52.0 Å². The van der Waals surface area contributed by atoms with Gasteiger partial charge in [0.25, 0.3) is 0 Å². The van der Waals surface area contributed by atoms with Gasteiger partial charge in [0.1, 0.15) is 0 Å². The fourth-order valence-electron chi connectivity index (χ4n) is 2.78. The number of hydrogen-bond donors (Lipinski definition) is 1. The van der Waals surface area contributed by atoms with Gasteiger partial charge in [0, 0.05) is 38.3 Å². The summed E-state index contributed by atoms with van der Waals surface area (Å²) in [4.78, 5) is 20.9. The van der Waals surface area contributed by atoms with Crippen molar-refractivity contribution in [1.82, 2.24) is 19.9 Å². The SMILES string of the molecule is CCc1nc(CN2CCN(C(=O)Cc3ccc(N)cc3)CC2)no1.